The average Bonchev–Trinajstić information content (AvgIpc) is 3.40. The van der Waals surface area contributed by atoms with Crippen LogP contribution in [-0.4, -0.2) is 41.5 Å². The largest absolute Gasteiger partial charge is 0.454 e. The van der Waals surface area contributed by atoms with Crippen LogP contribution in [0.15, 0.2) is 48.7 Å². The van der Waals surface area contributed by atoms with Crippen molar-refractivity contribution in [2.45, 2.75) is 12.8 Å². The Morgan fingerprint density at radius 2 is 1.86 bits per heavy atom. The van der Waals surface area contributed by atoms with Gasteiger partial charge in [0.1, 0.15) is 0 Å². The molecule has 0 saturated carbocycles. The molecule has 3 heterocycles. The number of aromatic nitrogens is 1. The second-order valence-electron chi connectivity index (χ2n) is 7.30. The molecule has 6 nitrogen and oxygen atoms in total. The molecule has 1 saturated heterocycles. The van der Waals surface area contributed by atoms with Gasteiger partial charge in [-0.25, -0.2) is 0 Å². The van der Waals surface area contributed by atoms with E-state index in [1.807, 2.05) is 30.5 Å². The highest BCUT2D eigenvalue weighted by atomic mass is 16.7. The van der Waals surface area contributed by atoms with Gasteiger partial charge in [-0.05, 0) is 54.6 Å². The van der Waals surface area contributed by atoms with Crippen LogP contribution in [0.3, 0.4) is 0 Å². The molecule has 1 unspecified atom stereocenters. The first-order valence-corrected chi connectivity index (χ1v) is 9.49. The van der Waals surface area contributed by atoms with Crippen molar-refractivity contribution in [3.63, 3.8) is 0 Å². The lowest BCUT2D eigenvalue weighted by atomic mass is 9.89. The number of likely N-dealkylation sites (tertiary alicyclic amines) is 1. The topological polar surface area (TPSA) is 71.6 Å². The monoisotopic (exact) mass is 376 g/mol. The minimum Gasteiger partial charge on any atom is -0.454 e. The summed E-state index contributed by atoms with van der Waals surface area (Å²) in [5.41, 5.74) is 2.19. The summed E-state index contributed by atoms with van der Waals surface area (Å²) in [4.78, 5) is 30.9. The predicted octanol–water partition coefficient (Wildman–Crippen LogP) is 3.63. The second-order valence-corrected chi connectivity index (χ2v) is 7.30. The number of hydrogen-bond donors (Lipinski definition) is 1. The minimum absolute atomic E-state index is 0.0281. The number of amides is 1. The van der Waals surface area contributed by atoms with Crippen LogP contribution < -0.4 is 9.47 Å². The summed E-state index contributed by atoms with van der Waals surface area (Å²) in [6.07, 6.45) is 3.46. The van der Waals surface area contributed by atoms with E-state index in [-0.39, 0.29) is 24.4 Å². The molecule has 1 amide bonds. The molecule has 6 heteroatoms. The lowest BCUT2D eigenvalue weighted by molar-refractivity contribution is 0.0637. The Morgan fingerprint density at radius 1 is 1.00 bits per heavy atom. The number of fused-ring (bicyclic) bond motifs is 2. The van der Waals surface area contributed by atoms with E-state index in [1.54, 1.807) is 23.1 Å². The number of aromatic amines is 1. The van der Waals surface area contributed by atoms with E-state index in [9.17, 15) is 9.59 Å². The molecule has 0 aliphatic carbocycles. The molecule has 1 fully saturated rings. The zero-order valence-corrected chi connectivity index (χ0v) is 15.3. The van der Waals surface area contributed by atoms with E-state index in [1.165, 1.54) is 0 Å². The maximum Gasteiger partial charge on any atom is 0.253 e. The average molecular weight is 376 g/mol. The third kappa shape index (κ3) is 2.91. The van der Waals surface area contributed by atoms with Gasteiger partial charge in [0.15, 0.2) is 17.3 Å². The van der Waals surface area contributed by atoms with E-state index in [4.69, 9.17) is 9.47 Å². The maximum absolute atomic E-state index is 13.0. The number of benzene rings is 2. The van der Waals surface area contributed by atoms with Crippen LogP contribution in [0.5, 0.6) is 11.5 Å². The van der Waals surface area contributed by atoms with Gasteiger partial charge in [-0.2, -0.15) is 0 Å². The Hall–Kier alpha value is -3.28. The fraction of sp³-hybridized carbons (Fsp3) is 0.273. The number of nitrogens with zero attached hydrogens (tertiary/aromatic N) is 1. The van der Waals surface area contributed by atoms with Crippen molar-refractivity contribution < 1.29 is 19.1 Å². The molecule has 0 spiro atoms. The Kier molecular flexibility index (Phi) is 4.04. The van der Waals surface area contributed by atoms with Crippen molar-refractivity contribution in [2.75, 3.05) is 19.9 Å². The summed E-state index contributed by atoms with van der Waals surface area (Å²) in [6, 6.07) is 12.9. The van der Waals surface area contributed by atoms with Crippen LogP contribution in [0.4, 0.5) is 0 Å². The van der Waals surface area contributed by atoms with Crippen LogP contribution >= 0.6 is 0 Å². The van der Waals surface area contributed by atoms with Crippen molar-refractivity contribution in [2.24, 2.45) is 5.92 Å². The molecular weight excluding hydrogens is 356 g/mol. The second kappa shape index (κ2) is 6.71. The quantitative estimate of drug-likeness (QED) is 0.709. The van der Waals surface area contributed by atoms with Crippen molar-refractivity contribution in [3.05, 3.63) is 59.8 Å². The number of carbonyl (C=O) groups is 2. The van der Waals surface area contributed by atoms with Gasteiger partial charge >= 0.3 is 0 Å². The molecule has 2 aliphatic rings. The maximum atomic E-state index is 13.0. The van der Waals surface area contributed by atoms with Crippen LogP contribution in [0, 0.1) is 5.92 Å². The van der Waals surface area contributed by atoms with Crippen LogP contribution in [0.2, 0.25) is 0 Å². The summed E-state index contributed by atoms with van der Waals surface area (Å²) in [5.74, 6) is 1.09. The summed E-state index contributed by atoms with van der Waals surface area (Å²) >= 11 is 0. The number of ether oxygens (including phenoxy) is 2. The number of H-pyrrole nitrogens is 1. The van der Waals surface area contributed by atoms with E-state index in [0.29, 0.717) is 35.7 Å². The third-order valence-electron chi connectivity index (χ3n) is 5.54. The smallest absolute Gasteiger partial charge is 0.253 e. The molecule has 1 aromatic heterocycles. The van der Waals surface area contributed by atoms with E-state index in [2.05, 4.69) is 4.98 Å². The molecule has 1 N–H and O–H groups in total. The molecule has 1 atom stereocenters. The summed E-state index contributed by atoms with van der Waals surface area (Å²) in [5, 5.41) is 1.08. The zero-order chi connectivity index (χ0) is 19.1. The molecule has 2 aliphatic heterocycles. The summed E-state index contributed by atoms with van der Waals surface area (Å²) in [6.45, 7) is 1.30. The Bertz CT molecular complexity index is 1070. The first kappa shape index (κ1) is 16.9. The fourth-order valence-corrected chi connectivity index (χ4v) is 4.02. The molecule has 2 aromatic carbocycles. The van der Waals surface area contributed by atoms with E-state index < -0.39 is 0 Å². The highest BCUT2D eigenvalue weighted by molar-refractivity contribution is 6.00. The van der Waals surface area contributed by atoms with Crippen LogP contribution in [0.25, 0.3) is 10.9 Å². The van der Waals surface area contributed by atoms with Gasteiger partial charge in [0.05, 0.1) is 0 Å². The molecule has 142 valence electrons. The SMILES string of the molecule is O=C(c1ccc2c(c1)OCO2)C1CCCN(C(=O)c2ccc3cc[nH]c3c2)C1. The van der Waals surface area contributed by atoms with Gasteiger partial charge in [0.2, 0.25) is 6.79 Å². The van der Waals surface area contributed by atoms with Crippen molar-refractivity contribution in [3.8, 4) is 11.5 Å². The lowest BCUT2D eigenvalue weighted by Crippen LogP contribution is -2.42. The molecule has 0 radical (unpaired) electrons. The lowest BCUT2D eigenvalue weighted by Gasteiger charge is -2.32. The number of Topliss-reactive ketones (excluding diaryl/α,β-unsaturated/α-hetero) is 1. The van der Waals surface area contributed by atoms with E-state index in [0.717, 1.165) is 23.7 Å². The van der Waals surface area contributed by atoms with Crippen molar-refractivity contribution in [1.82, 2.24) is 9.88 Å². The van der Waals surface area contributed by atoms with Gasteiger partial charge in [-0.1, -0.05) is 6.07 Å². The van der Waals surface area contributed by atoms with Gasteiger partial charge < -0.3 is 19.4 Å². The fourth-order valence-electron chi connectivity index (χ4n) is 4.02. The molecular formula is C22H20N2O4. The van der Waals surface area contributed by atoms with Gasteiger partial charge in [-0.3, -0.25) is 9.59 Å². The zero-order valence-electron chi connectivity index (χ0n) is 15.3. The van der Waals surface area contributed by atoms with Crippen LogP contribution in [-0.2, 0) is 0 Å². The first-order chi connectivity index (χ1) is 13.7. The Morgan fingerprint density at radius 3 is 2.79 bits per heavy atom. The predicted molar refractivity (Wildman–Crippen MR) is 104 cm³/mol. The Balaban J connectivity index is 1.34. The number of hydrogen-bond acceptors (Lipinski definition) is 4. The van der Waals surface area contributed by atoms with Gasteiger partial charge in [-0.15, -0.1) is 0 Å². The third-order valence-corrected chi connectivity index (χ3v) is 5.54. The number of nitrogens with one attached hydrogen (secondary N) is 1. The molecule has 0 bridgehead atoms. The van der Waals surface area contributed by atoms with Crippen LogP contribution in [0.1, 0.15) is 33.6 Å². The molecule has 3 aromatic rings. The van der Waals surface area contributed by atoms with E-state index >= 15 is 0 Å². The summed E-state index contributed by atoms with van der Waals surface area (Å²) in [7, 11) is 0. The number of rotatable bonds is 3. The molecule has 5 rings (SSSR count). The Labute approximate surface area is 162 Å². The van der Waals surface area contributed by atoms with Crippen molar-refractivity contribution in [1.29, 1.82) is 0 Å². The molecule has 28 heavy (non-hydrogen) atoms. The highest BCUT2D eigenvalue weighted by Crippen LogP contribution is 2.34. The standard InChI is InChI=1S/C22H20N2O4/c25-21(15-5-6-19-20(11-15)28-13-27-19)17-2-1-9-24(12-17)22(26)16-4-3-14-7-8-23-18(14)10-16/h3-8,10-11,17,23H,1-2,9,12-13H2. The van der Waals surface area contributed by atoms with Gasteiger partial charge in [0, 0.05) is 41.8 Å². The van der Waals surface area contributed by atoms with Crippen molar-refractivity contribution >= 4 is 22.6 Å². The highest BCUT2D eigenvalue weighted by Gasteiger charge is 2.30. The number of carbonyl (C=O) groups excluding carboxylic acids is 2. The number of piperidine rings is 1. The first-order valence-electron chi connectivity index (χ1n) is 9.49. The van der Waals surface area contributed by atoms with Gasteiger partial charge in [0.25, 0.3) is 5.91 Å². The minimum atomic E-state index is -0.202. The normalized spacial score (nSPS) is 18.4. The summed E-state index contributed by atoms with van der Waals surface area (Å²) < 4.78 is 10.7. The number of ketones is 1.